The largest absolute Gasteiger partial charge is 0.417 e. The summed E-state index contributed by atoms with van der Waals surface area (Å²) in [6.07, 6.45) is -4.61. The Labute approximate surface area is 120 Å². The highest BCUT2D eigenvalue weighted by Crippen LogP contribution is 2.41. The lowest BCUT2D eigenvalue weighted by Crippen LogP contribution is -2.29. The van der Waals surface area contributed by atoms with Crippen LogP contribution in [0.2, 0.25) is 0 Å². The molecule has 1 aromatic rings. The van der Waals surface area contributed by atoms with Gasteiger partial charge < -0.3 is 10.6 Å². The standard InChI is InChI=1S/C12H10BrF3N2O2/c13-10-7(12(14,15)16)2-1-3-8(10)18-5-6(11(17)20)4-9(18)19/h1-3,6H,4-5H2,(H2,17,20). The number of carbonyl (C=O) groups excluding carboxylic acids is 2. The minimum absolute atomic E-state index is 0.00588. The Hall–Kier alpha value is -1.57. The van der Waals surface area contributed by atoms with E-state index in [2.05, 4.69) is 15.9 Å². The molecular formula is C12H10BrF3N2O2. The van der Waals surface area contributed by atoms with Crippen molar-refractivity contribution in [2.75, 3.05) is 11.4 Å². The number of anilines is 1. The zero-order valence-corrected chi connectivity index (χ0v) is 11.7. The van der Waals surface area contributed by atoms with Crippen LogP contribution in [0, 0.1) is 5.92 Å². The first-order chi connectivity index (χ1) is 9.21. The van der Waals surface area contributed by atoms with Crippen molar-refractivity contribution in [3.8, 4) is 0 Å². The minimum Gasteiger partial charge on any atom is -0.369 e. The summed E-state index contributed by atoms with van der Waals surface area (Å²) in [7, 11) is 0. The van der Waals surface area contributed by atoms with Crippen LogP contribution in [-0.4, -0.2) is 18.4 Å². The van der Waals surface area contributed by atoms with Crippen LogP contribution < -0.4 is 10.6 Å². The molecule has 1 heterocycles. The van der Waals surface area contributed by atoms with Crippen LogP contribution in [0.3, 0.4) is 0 Å². The molecule has 2 N–H and O–H groups in total. The highest BCUT2D eigenvalue weighted by atomic mass is 79.9. The Balaban J connectivity index is 2.40. The second-order valence-electron chi connectivity index (χ2n) is 4.44. The van der Waals surface area contributed by atoms with Crippen molar-refractivity contribution in [2.24, 2.45) is 11.7 Å². The van der Waals surface area contributed by atoms with Crippen molar-refractivity contribution >= 4 is 33.4 Å². The number of halogens is 4. The molecule has 0 aliphatic carbocycles. The van der Waals surface area contributed by atoms with E-state index in [1.54, 1.807) is 0 Å². The Morgan fingerprint density at radius 3 is 2.55 bits per heavy atom. The summed E-state index contributed by atoms with van der Waals surface area (Å²) in [6, 6.07) is 3.52. The van der Waals surface area contributed by atoms with Crippen molar-refractivity contribution in [2.45, 2.75) is 12.6 Å². The third kappa shape index (κ3) is 2.65. The molecule has 2 amide bonds. The fraction of sp³-hybridized carbons (Fsp3) is 0.333. The van der Waals surface area contributed by atoms with Crippen LogP contribution in [0.15, 0.2) is 22.7 Å². The fourth-order valence-corrected chi connectivity index (χ4v) is 2.78. The van der Waals surface area contributed by atoms with Gasteiger partial charge in [0.15, 0.2) is 0 Å². The van der Waals surface area contributed by atoms with Gasteiger partial charge in [-0.2, -0.15) is 13.2 Å². The monoisotopic (exact) mass is 350 g/mol. The van der Waals surface area contributed by atoms with Crippen molar-refractivity contribution < 1.29 is 22.8 Å². The van der Waals surface area contributed by atoms with Crippen LogP contribution in [0.25, 0.3) is 0 Å². The second kappa shape index (κ2) is 5.08. The van der Waals surface area contributed by atoms with E-state index >= 15 is 0 Å². The van der Waals surface area contributed by atoms with Crippen LogP contribution in [0.5, 0.6) is 0 Å². The van der Waals surface area contributed by atoms with E-state index in [1.165, 1.54) is 12.1 Å². The zero-order chi connectivity index (χ0) is 15.1. The summed E-state index contributed by atoms with van der Waals surface area (Å²) in [5.74, 6) is -1.73. The number of carbonyl (C=O) groups is 2. The predicted octanol–water partition coefficient (Wildman–Crippen LogP) is 2.31. The lowest BCUT2D eigenvalue weighted by molar-refractivity contribution is -0.138. The van der Waals surface area contributed by atoms with Crippen LogP contribution in [0.4, 0.5) is 18.9 Å². The lowest BCUT2D eigenvalue weighted by atomic mass is 10.1. The average Bonchev–Trinajstić information content (AvgIpc) is 2.70. The minimum atomic E-state index is -4.53. The van der Waals surface area contributed by atoms with Gasteiger partial charge in [-0.05, 0) is 28.1 Å². The molecule has 1 fully saturated rings. The van der Waals surface area contributed by atoms with Crippen LogP contribution in [0.1, 0.15) is 12.0 Å². The Morgan fingerprint density at radius 2 is 2.05 bits per heavy atom. The molecule has 1 atom stereocenters. The number of nitrogens with two attached hydrogens (primary N) is 1. The number of primary amides is 1. The van der Waals surface area contributed by atoms with Crippen LogP contribution in [-0.2, 0) is 15.8 Å². The normalized spacial score (nSPS) is 19.5. The van der Waals surface area contributed by atoms with Gasteiger partial charge in [0, 0.05) is 13.0 Å². The summed E-state index contributed by atoms with van der Waals surface area (Å²) in [5.41, 5.74) is 4.35. The summed E-state index contributed by atoms with van der Waals surface area (Å²) in [6.45, 7) is -0.00588. The first kappa shape index (κ1) is 14.8. The van der Waals surface area contributed by atoms with Gasteiger partial charge in [0.25, 0.3) is 0 Å². The number of benzene rings is 1. The SMILES string of the molecule is NC(=O)C1CC(=O)N(c2cccc(C(F)(F)F)c2Br)C1. The van der Waals surface area contributed by atoms with Gasteiger partial charge in [-0.1, -0.05) is 6.07 Å². The molecule has 2 rings (SSSR count). The molecule has 1 aliphatic rings. The second-order valence-corrected chi connectivity index (χ2v) is 5.24. The molecule has 0 aromatic heterocycles. The van der Waals surface area contributed by atoms with Crippen molar-refractivity contribution in [1.82, 2.24) is 0 Å². The highest BCUT2D eigenvalue weighted by Gasteiger charge is 2.38. The summed E-state index contributed by atoms with van der Waals surface area (Å²) < 4.78 is 38.2. The van der Waals surface area contributed by atoms with Gasteiger partial charge in [0.05, 0.1) is 21.6 Å². The van der Waals surface area contributed by atoms with Crippen molar-refractivity contribution in [1.29, 1.82) is 0 Å². The maximum Gasteiger partial charge on any atom is 0.417 e. The van der Waals surface area contributed by atoms with E-state index in [0.29, 0.717) is 0 Å². The van der Waals surface area contributed by atoms with E-state index in [0.717, 1.165) is 11.0 Å². The van der Waals surface area contributed by atoms with E-state index in [1.807, 2.05) is 0 Å². The van der Waals surface area contributed by atoms with E-state index < -0.39 is 29.5 Å². The number of hydrogen-bond donors (Lipinski definition) is 1. The third-order valence-corrected chi connectivity index (χ3v) is 3.94. The van der Waals surface area contributed by atoms with Crippen molar-refractivity contribution in [3.63, 3.8) is 0 Å². The Bertz CT molecular complexity index is 574. The average molecular weight is 351 g/mol. The smallest absolute Gasteiger partial charge is 0.369 e. The van der Waals surface area contributed by atoms with Gasteiger partial charge in [0.1, 0.15) is 0 Å². The van der Waals surface area contributed by atoms with E-state index in [9.17, 15) is 22.8 Å². The summed E-state index contributed by atoms with van der Waals surface area (Å²) in [4.78, 5) is 24.1. The maximum absolute atomic E-state index is 12.8. The number of amides is 2. The molecule has 1 aromatic carbocycles. The molecule has 0 bridgehead atoms. The number of alkyl halides is 3. The van der Waals surface area contributed by atoms with Crippen molar-refractivity contribution in [3.05, 3.63) is 28.2 Å². The molecule has 20 heavy (non-hydrogen) atoms. The molecule has 108 valence electrons. The predicted molar refractivity (Wildman–Crippen MR) is 68.8 cm³/mol. The summed E-state index contributed by atoms with van der Waals surface area (Å²) in [5, 5.41) is 0. The van der Waals surface area contributed by atoms with Gasteiger partial charge in [-0.3, -0.25) is 9.59 Å². The Morgan fingerprint density at radius 1 is 1.40 bits per heavy atom. The van der Waals surface area contributed by atoms with Gasteiger partial charge >= 0.3 is 6.18 Å². The molecule has 0 saturated carbocycles. The fourth-order valence-electron chi connectivity index (χ4n) is 2.08. The van der Waals surface area contributed by atoms with E-state index in [4.69, 9.17) is 5.73 Å². The van der Waals surface area contributed by atoms with Crippen LogP contribution >= 0.6 is 15.9 Å². The molecule has 1 saturated heterocycles. The molecule has 4 nitrogen and oxygen atoms in total. The van der Waals surface area contributed by atoms with E-state index in [-0.39, 0.29) is 23.1 Å². The highest BCUT2D eigenvalue weighted by molar-refractivity contribution is 9.10. The first-order valence-corrected chi connectivity index (χ1v) is 6.46. The van der Waals surface area contributed by atoms with Gasteiger partial charge in [-0.15, -0.1) is 0 Å². The molecule has 0 spiro atoms. The molecule has 1 unspecified atom stereocenters. The number of nitrogens with zero attached hydrogens (tertiary/aromatic N) is 1. The number of rotatable bonds is 2. The molecule has 0 radical (unpaired) electrons. The number of hydrogen-bond acceptors (Lipinski definition) is 2. The first-order valence-electron chi connectivity index (χ1n) is 5.67. The van der Waals surface area contributed by atoms with Gasteiger partial charge in [0.2, 0.25) is 11.8 Å². The molecule has 1 aliphatic heterocycles. The third-order valence-electron chi connectivity index (χ3n) is 3.10. The Kier molecular flexibility index (Phi) is 3.77. The quantitative estimate of drug-likeness (QED) is 0.889. The lowest BCUT2D eigenvalue weighted by Gasteiger charge is -2.20. The topological polar surface area (TPSA) is 63.4 Å². The maximum atomic E-state index is 12.8. The molecule has 8 heteroatoms. The van der Waals surface area contributed by atoms with Gasteiger partial charge in [-0.25, -0.2) is 0 Å². The summed E-state index contributed by atoms with van der Waals surface area (Å²) >= 11 is 2.88. The molecular weight excluding hydrogens is 341 g/mol. The zero-order valence-electron chi connectivity index (χ0n) is 10.1.